The molecule has 0 aliphatic carbocycles. The van der Waals surface area contributed by atoms with E-state index in [1.54, 1.807) is 12.1 Å². The maximum Gasteiger partial charge on any atom is 0.265 e. The van der Waals surface area contributed by atoms with Gasteiger partial charge in [0.25, 0.3) is 5.91 Å². The van der Waals surface area contributed by atoms with Crippen molar-refractivity contribution in [3.8, 4) is 0 Å². The number of carbonyl (C=O) groups excluding carboxylic acids is 2. The standard InChI is InChI=1S/C13H18N4O2/c14-16-13(19)11-4-2-10(3-5-11)8-17-7-1-6-15-12(18)9-17/h2-5H,1,6-9,14H2,(H,15,18)(H,16,19). The molecule has 0 spiro atoms. The van der Waals surface area contributed by atoms with Crippen molar-refractivity contribution >= 4 is 11.8 Å². The van der Waals surface area contributed by atoms with E-state index in [1.807, 2.05) is 12.1 Å². The first-order chi connectivity index (χ1) is 9.19. The zero-order chi connectivity index (χ0) is 13.7. The molecule has 0 unspecified atom stereocenters. The molecule has 1 aromatic rings. The van der Waals surface area contributed by atoms with Crippen LogP contribution in [0.2, 0.25) is 0 Å². The largest absolute Gasteiger partial charge is 0.355 e. The van der Waals surface area contributed by atoms with E-state index in [2.05, 4.69) is 15.6 Å². The van der Waals surface area contributed by atoms with Crippen molar-refractivity contribution in [3.05, 3.63) is 35.4 Å². The molecule has 0 saturated carbocycles. The number of benzene rings is 1. The maximum atomic E-state index is 11.4. The first-order valence-electron chi connectivity index (χ1n) is 6.28. The number of nitrogens with zero attached hydrogens (tertiary/aromatic N) is 1. The van der Waals surface area contributed by atoms with Crippen LogP contribution in [-0.2, 0) is 11.3 Å². The number of rotatable bonds is 3. The van der Waals surface area contributed by atoms with Crippen molar-refractivity contribution in [2.24, 2.45) is 5.84 Å². The third-order valence-corrected chi connectivity index (χ3v) is 3.09. The molecule has 0 atom stereocenters. The van der Waals surface area contributed by atoms with Gasteiger partial charge in [0.15, 0.2) is 0 Å². The lowest BCUT2D eigenvalue weighted by Gasteiger charge is -2.18. The summed E-state index contributed by atoms with van der Waals surface area (Å²) in [5.74, 6) is 4.83. The number of nitrogens with two attached hydrogens (primary N) is 1. The van der Waals surface area contributed by atoms with Gasteiger partial charge >= 0.3 is 0 Å². The van der Waals surface area contributed by atoms with Crippen LogP contribution in [0.4, 0.5) is 0 Å². The summed E-state index contributed by atoms with van der Waals surface area (Å²) in [6, 6.07) is 7.23. The number of hydrazine groups is 1. The summed E-state index contributed by atoms with van der Waals surface area (Å²) in [4.78, 5) is 24.8. The van der Waals surface area contributed by atoms with Crippen LogP contribution in [0.15, 0.2) is 24.3 Å². The van der Waals surface area contributed by atoms with E-state index in [4.69, 9.17) is 5.84 Å². The Labute approximate surface area is 111 Å². The molecule has 2 rings (SSSR count). The van der Waals surface area contributed by atoms with Gasteiger partial charge < -0.3 is 5.32 Å². The number of hydrogen-bond donors (Lipinski definition) is 3. The SMILES string of the molecule is NNC(=O)c1ccc(CN2CCCNC(=O)C2)cc1. The van der Waals surface area contributed by atoms with E-state index in [0.29, 0.717) is 18.7 Å². The van der Waals surface area contributed by atoms with E-state index < -0.39 is 0 Å². The minimum atomic E-state index is -0.305. The summed E-state index contributed by atoms with van der Waals surface area (Å²) >= 11 is 0. The van der Waals surface area contributed by atoms with Crippen molar-refractivity contribution in [2.45, 2.75) is 13.0 Å². The van der Waals surface area contributed by atoms with Gasteiger partial charge in [0.2, 0.25) is 5.91 Å². The Bertz CT molecular complexity index is 458. The highest BCUT2D eigenvalue weighted by Crippen LogP contribution is 2.09. The molecule has 6 heteroatoms. The molecule has 102 valence electrons. The summed E-state index contributed by atoms with van der Waals surface area (Å²) in [5.41, 5.74) is 3.69. The van der Waals surface area contributed by atoms with Crippen molar-refractivity contribution in [2.75, 3.05) is 19.6 Å². The van der Waals surface area contributed by atoms with Crippen molar-refractivity contribution in [1.82, 2.24) is 15.6 Å². The van der Waals surface area contributed by atoms with Gasteiger partial charge in [-0.05, 0) is 24.1 Å². The molecule has 1 aliphatic rings. The monoisotopic (exact) mass is 262 g/mol. The first-order valence-corrected chi connectivity index (χ1v) is 6.28. The minimum Gasteiger partial charge on any atom is -0.355 e. The number of nitrogen functional groups attached to an aromatic ring is 1. The van der Waals surface area contributed by atoms with E-state index in [9.17, 15) is 9.59 Å². The average molecular weight is 262 g/mol. The van der Waals surface area contributed by atoms with Gasteiger partial charge in [0, 0.05) is 25.2 Å². The molecule has 1 saturated heterocycles. The van der Waals surface area contributed by atoms with Gasteiger partial charge in [-0.15, -0.1) is 0 Å². The van der Waals surface area contributed by atoms with E-state index in [-0.39, 0.29) is 11.8 Å². The van der Waals surface area contributed by atoms with Crippen LogP contribution in [0, 0.1) is 0 Å². The molecule has 0 aromatic heterocycles. The van der Waals surface area contributed by atoms with Crippen molar-refractivity contribution in [3.63, 3.8) is 0 Å². The Balaban J connectivity index is 1.98. The predicted octanol–water partition coefficient (Wildman–Crippen LogP) is -0.388. The van der Waals surface area contributed by atoms with Gasteiger partial charge in [-0.25, -0.2) is 5.84 Å². The van der Waals surface area contributed by atoms with Crippen LogP contribution >= 0.6 is 0 Å². The maximum absolute atomic E-state index is 11.4. The predicted molar refractivity (Wildman–Crippen MR) is 71.0 cm³/mol. The van der Waals surface area contributed by atoms with Gasteiger partial charge in [-0.3, -0.25) is 19.9 Å². The van der Waals surface area contributed by atoms with Crippen LogP contribution in [0.3, 0.4) is 0 Å². The smallest absolute Gasteiger partial charge is 0.265 e. The van der Waals surface area contributed by atoms with E-state index >= 15 is 0 Å². The molecule has 1 aliphatic heterocycles. The number of amides is 2. The number of carbonyl (C=O) groups is 2. The molecule has 1 aromatic carbocycles. The topological polar surface area (TPSA) is 87.5 Å². The molecule has 0 radical (unpaired) electrons. The fourth-order valence-electron chi connectivity index (χ4n) is 2.11. The first kappa shape index (κ1) is 13.5. The van der Waals surface area contributed by atoms with E-state index in [0.717, 1.165) is 25.1 Å². The number of nitrogens with one attached hydrogen (secondary N) is 2. The fraction of sp³-hybridized carbons (Fsp3) is 0.385. The summed E-state index contributed by atoms with van der Waals surface area (Å²) in [5, 5.41) is 2.84. The van der Waals surface area contributed by atoms with Crippen LogP contribution in [0.5, 0.6) is 0 Å². The average Bonchev–Trinajstić information content (AvgIpc) is 2.63. The second-order valence-electron chi connectivity index (χ2n) is 4.58. The van der Waals surface area contributed by atoms with Crippen LogP contribution < -0.4 is 16.6 Å². The Morgan fingerprint density at radius 3 is 2.79 bits per heavy atom. The molecular formula is C13H18N4O2. The Kier molecular flexibility index (Phi) is 4.48. The molecule has 6 nitrogen and oxygen atoms in total. The molecule has 1 heterocycles. The zero-order valence-corrected chi connectivity index (χ0v) is 10.7. The molecule has 0 bridgehead atoms. The lowest BCUT2D eigenvalue weighted by Crippen LogP contribution is -2.32. The fourth-order valence-corrected chi connectivity index (χ4v) is 2.11. The highest BCUT2D eigenvalue weighted by atomic mass is 16.2. The Morgan fingerprint density at radius 1 is 1.37 bits per heavy atom. The molecular weight excluding hydrogens is 244 g/mol. The lowest BCUT2D eigenvalue weighted by molar-refractivity contribution is -0.121. The van der Waals surface area contributed by atoms with Gasteiger partial charge in [0.1, 0.15) is 0 Å². The third-order valence-electron chi connectivity index (χ3n) is 3.09. The third kappa shape index (κ3) is 3.77. The second-order valence-corrected chi connectivity index (χ2v) is 4.58. The van der Waals surface area contributed by atoms with Crippen LogP contribution in [0.1, 0.15) is 22.3 Å². The van der Waals surface area contributed by atoms with Crippen molar-refractivity contribution < 1.29 is 9.59 Å². The van der Waals surface area contributed by atoms with Gasteiger partial charge in [-0.1, -0.05) is 12.1 Å². The van der Waals surface area contributed by atoms with Gasteiger partial charge in [-0.2, -0.15) is 0 Å². The Hall–Kier alpha value is -1.92. The van der Waals surface area contributed by atoms with Gasteiger partial charge in [0.05, 0.1) is 6.54 Å². The lowest BCUT2D eigenvalue weighted by atomic mass is 10.1. The number of hydrogen-bond acceptors (Lipinski definition) is 4. The molecule has 19 heavy (non-hydrogen) atoms. The quantitative estimate of drug-likeness (QED) is 0.393. The van der Waals surface area contributed by atoms with Crippen LogP contribution in [-0.4, -0.2) is 36.3 Å². The molecule has 4 N–H and O–H groups in total. The summed E-state index contributed by atoms with van der Waals surface area (Å²) in [6.45, 7) is 2.76. The van der Waals surface area contributed by atoms with Crippen LogP contribution in [0.25, 0.3) is 0 Å². The summed E-state index contributed by atoms with van der Waals surface area (Å²) in [7, 11) is 0. The highest BCUT2D eigenvalue weighted by Gasteiger charge is 2.14. The van der Waals surface area contributed by atoms with Crippen molar-refractivity contribution in [1.29, 1.82) is 0 Å². The molecule has 1 fully saturated rings. The summed E-state index contributed by atoms with van der Waals surface area (Å²) < 4.78 is 0. The zero-order valence-electron chi connectivity index (χ0n) is 10.7. The molecule has 2 amide bonds. The Morgan fingerprint density at radius 2 is 2.11 bits per heavy atom. The minimum absolute atomic E-state index is 0.0663. The second kappa shape index (κ2) is 6.31. The van der Waals surface area contributed by atoms with E-state index in [1.165, 1.54) is 0 Å². The normalized spacial score (nSPS) is 16.6. The highest BCUT2D eigenvalue weighted by molar-refractivity contribution is 5.93. The summed E-state index contributed by atoms with van der Waals surface area (Å²) in [6.07, 6.45) is 0.958.